The van der Waals surface area contributed by atoms with E-state index in [0.717, 1.165) is 25.9 Å². The van der Waals surface area contributed by atoms with E-state index in [1.165, 1.54) is 6.07 Å². The second kappa shape index (κ2) is 6.99. The van der Waals surface area contributed by atoms with Crippen molar-refractivity contribution < 1.29 is 14.0 Å². The van der Waals surface area contributed by atoms with Gasteiger partial charge in [0.2, 0.25) is 11.7 Å². The largest absolute Gasteiger partial charge is 0.393 e. The summed E-state index contributed by atoms with van der Waals surface area (Å²) in [7, 11) is 0. The van der Waals surface area contributed by atoms with E-state index in [-0.39, 0.29) is 23.9 Å². The maximum Gasteiger partial charge on any atom is 0.244 e. The minimum absolute atomic E-state index is 0.0249. The van der Waals surface area contributed by atoms with Crippen LogP contribution in [0.3, 0.4) is 0 Å². The van der Waals surface area contributed by atoms with Crippen LogP contribution in [0, 0.1) is 18.7 Å². The Morgan fingerprint density at radius 3 is 2.88 bits per heavy atom. The molecule has 0 radical (unpaired) electrons. The number of hydrogen-bond acceptors (Lipinski definition) is 5. The normalized spacial score (nSPS) is 21.6. The molecule has 3 atom stereocenters. The average molecular weight is 333 g/mol. The van der Waals surface area contributed by atoms with Crippen LogP contribution in [0.1, 0.15) is 44.2 Å². The van der Waals surface area contributed by atoms with Gasteiger partial charge in [-0.15, -0.1) is 0 Å². The molecule has 5 nitrogen and oxygen atoms in total. The lowest BCUT2D eigenvalue weighted by Gasteiger charge is -2.36. The number of benzene rings is 1. The van der Waals surface area contributed by atoms with Crippen molar-refractivity contribution in [2.75, 3.05) is 13.1 Å². The van der Waals surface area contributed by atoms with E-state index in [2.05, 4.69) is 15.0 Å². The minimum atomic E-state index is -0.311. The van der Waals surface area contributed by atoms with Crippen molar-refractivity contribution in [1.82, 2.24) is 15.0 Å². The standard InChI is InChI=1S/C18H24FN3O2/c1-11-6-7-14(9-16(11)19)17-20-18(24-21-17)12(2)22-8-4-5-15(10-22)13(3)23/h6-7,9,12-13,15,23H,4-5,8,10H2,1-3H3. The smallest absolute Gasteiger partial charge is 0.244 e. The van der Waals surface area contributed by atoms with Gasteiger partial charge in [0, 0.05) is 12.1 Å². The Balaban J connectivity index is 1.76. The molecule has 24 heavy (non-hydrogen) atoms. The SMILES string of the molecule is Cc1ccc(-c2noc(C(C)N3CCCC(C(C)O)C3)n2)cc1F. The molecule has 6 heteroatoms. The first-order valence-electron chi connectivity index (χ1n) is 8.48. The molecule has 1 N–H and O–H groups in total. The molecule has 0 amide bonds. The highest BCUT2D eigenvalue weighted by Crippen LogP contribution is 2.28. The number of aromatic nitrogens is 2. The fourth-order valence-corrected chi connectivity index (χ4v) is 3.20. The third-order valence-electron chi connectivity index (χ3n) is 4.95. The van der Waals surface area contributed by atoms with E-state index in [9.17, 15) is 9.50 Å². The van der Waals surface area contributed by atoms with E-state index < -0.39 is 0 Å². The Bertz CT molecular complexity index is 701. The number of nitrogens with zero attached hydrogens (tertiary/aromatic N) is 3. The lowest BCUT2D eigenvalue weighted by atomic mass is 9.92. The van der Waals surface area contributed by atoms with Crippen molar-refractivity contribution in [3.63, 3.8) is 0 Å². The molecule has 3 rings (SSSR count). The maximum atomic E-state index is 13.7. The predicted molar refractivity (Wildman–Crippen MR) is 88.8 cm³/mol. The highest BCUT2D eigenvalue weighted by Gasteiger charge is 2.29. The Kier molecular flexibility index (Phi) is 4.96. The van der Waals surface area contributed by atoms with Gasteiger partial charge in [-0.3, -0.25) is 4.90 Å². The third kappa shape index (κ3) is 3.49. The molecule has 1 aliphatic heterocycles. The number of rotatable bonds is 4. The second-order valence-corrected chi connectivity index (χ2v) is 6.73. The summed E-state index contributed by atoms with van der Waals surface area (Å²) in [4.78, 5) is 6.71. The monoisotopic (exact) mass is 333 g/mol. The number of aliphatic hydroxyl groups is 1. The molecule has 1 aromatic carbocycles. The van der Waals surface area contributed by atoms with Crippen LogP contribution in [-0.4, -0.2) is 39.3 Å². The molecule has 0 aliphatic carbocycles. The van der Waals surface area contributed by atoms with Crippen LogP contribution in [0.4, 0.5) is 4.39 Å². The summed E-state index contributed by atoms with van der Waals surface area (Å²) >= 11 is 0. The number of aliphatic hydroxyl groups excluding tert-OH is 1. The maximum absolute atomic E-state index is 13.7. The Hall–Kier alpha value is -1.79. The van der Waals surface area contributed by atoms with Crippen molar-refractivity contribution in [3.8, 4) is 11.4 Å². The third-order valence-corrected chi connectivity index (χ3v) is 4.95. The second-order valence-electron chi connectivity index (χ2n) is 6.73. The molecule has 1 aliphatic rings. The van der Waals surface area contributed by atoms with E-state index in [1.807, 2.05) is 13.8 Å². The van der Waals surface area contributed by atoms with Gasteiger partial charge >= 0.3 is 0 Å². The molecule has 2 heterocycles. The molecule has 3 unspecified atom stereocenters. The highest BCUT2D eigenvalue weighted by molar-refractivity contribution is 5.54. The number of piperidine rings is 1. The Morgan fingerprint density at radius 1 is 1.38 bits per heavy atom. The molecule has 2 aromatic rings. The Morgan fingerprint density at radius 2 is 2.17 bits per heavy atom. The van der Waals surface area contributed by atoms with Gasteiger partial charge in [-0.25, -0.2) is 4.39 Å². The summed E-state index contributed by atoms with van der Waals surface area (Å²) in [5.74, 6) is 0.926. The van der Waals surface area contributed by atoms with Gasteiger partial charge in [0.1, 0.15) is 5.82 Å². The fraction of sp³-hybridized carbons (Fsp3) is 0.556. The van der Waals surface area contributed by atoms with Crippen LogP contribution >= 0.6 is 0 Å². The quantitative estimate of drug-likeness (QED) is 0.930. The topological polar surface area (TPSA) is 62.4 Å². The van der Waals surface area contributed by atoms with E-state index >= 15 is 0 Å². The first-order chi connectivity index (χ1) is 11.5. The molecule has 1 saturated heterocycles. The van der Waals surface area contributed by atoms with Gasteiger partial charge in [0.05, 0.1) is 12.1 Å². The van der Waals surface area contributed by atoms with Crippen LogP contribution in [-0.2, 0) is 0 Å². The number of aryl methyl sites for hydroxylation is 1. The van der Waals surface area contributed by atoms with E-state index in [0.29, 0.717) is 22.8 Å². The molecule has 130 valence electrons. The minimum Gasteiger partial charge on any atom is -0.393 e. The van der Waals surface area contributed by atoms with Gasteiger partial charge in [0.25, 0.3) is 0 Å². The lowest BCUT2D eigenvalue weighted by molar-refractivity contribution is 0.0403. The lowest BCUT2D eigenvalue weighted by Crippen LogP contribution is -2.40. The zero-order chi connectivity index (χ0) is 17.3. The van der Waals surface area contributed by atoms with Gasteiger partial charge in [-0.1, -0.05) is 17.3 Å². The first-order valence-corrected chi connectivity index (χ1v) is 8.48. The molecular weight excluding hydrogens is 309 g/mol. The molecular formula is C18H24FN3O2. The van der Waals surface area contributed by atoms with Crippen LogP contribution in [0.25, 0.3) is 11.4 Å². The summed E-state index contributed by atoms with van der Waals surface area (Å²) in [6.45, 7) is 7.35. The average Bonchev–Trinajstić information content (AvgIpc) is 3.06. The van der Waals surface area contributed by atoms with Crippen LogP contribution in [0.5, 0.6) is 0 Å². The molecule has 1 fully saturated rings. The first kappa shape index (κ1) is 17.0. The zero-order valence-corrected chi connectivity index (χ0v) is 14.4. The van der Waals surface area contributed by atoms with Gasteiger partial charge in [-0.2, -0.15) is 4.98 Å². The van der Waals surface area contributed by atoms with Gasteiger partial charge in [-0.05, 0) is 57.7 Å². The highest BCUT2D eigenvalue weighted by atomic mass is 19.1. The summed E-state index contributed by atoms with van der Waals surface area (Å²) in [5.41, 5.74) is 1.20. The van der Waals surface area contributed by atoms with E-state index in [4.69, 9.17) is 4.52 Å². The summed E-state index contributed by atoms with van der Waals surface area (Å²) in [6.07, 6.45) is 1.77. The summed E-state index contributed by atoms with van der Waals surface area (Å²) in [6, 6.07) is 4.91. The molecule has 0 spiro atoms. The van der Waals surface area contributed by atoms with E-state index in [1.54, 1.807) is 19.1 Å². The van der Waals surface area contributed by atoms with Gasteiger partial charge < -0.3 is 9.63 Å². The number of likely N-dealkylation sites (tertiary alicyclic amines) is 1. The summed E-state index contributed by atoms with van der Waals surface area (Å²) < 4.78 is 19.1. The van der Waals surface area contributed by atoms with Crippen molar-refractivity contribution in [2.24, 2.45) is 5.92 Å². The van der Waals surface area contributed by atoms with Crippen molar-refractivity contribution in [1.29, 1.82) is 0 Å². The fourth-order valence-electron chi connectivity index (χ4n) is 3.20. The van der Waals surface area contributed by atoms with Crippen molar-refractivity contribution in [3.05, 3.63) is 35.5 Å². The number of hydrogen-bond donors (Lipinski definition) is 1. The zero-order valence-electron chi connectivity index (χ0n) is 14.4. The van der Waals surface area contributed by atoms with Crippen molar-refractivity contribution in [2.45, 2.75) is 45.8 Å². The molecule has 1 aromatic heterocycles. The van der Waals surface area contributed by atoms with Gasteiger partial charge in [0.15, 0.2) is 0 Å². The predicted octanol–water partition coefficient (Wildman–Crippen LogP) is 3.34. The Labute approximate surface area is 141 Å². The molecule has 0 saturated carbocycles. The molecule has 0 bridgehead atoms. The van der Waals surface area contributed by atoms with Crippen LogP contribution in [0.15, 0.2) is 22.7 Å². The van der Waals surface area contributed by atoms with Crippen LogP contribution < -0.4 is 0 Å². The number of halogens is 1. The van der Waals surface area contributed by atoms with Crippen molar-refractivity contribution >= 4 is 0 Å². The summed E-state index contributed by atoms with van der Waals surface area (Å²) in [5, 5.41) is 13.8. The van der Waals surface area contributed by atoms with Crippen LogP contribution in [0.2, 0.25) is 0 Å².